The van der Waals surface area contributed by atoms with Gasteiger partial charge in [0.25, 0.3) is 0 Å². The van der Waals surface area contributed by atoms with Crippen LogP contribution in [0.25, 0.3) is 0 Å². The van der Waals surface area contributed by atoms with E-state index in [0.29, 0.717) is 6.61 Å². The molecule has 0 aliphatic heterocycles. The predicted octanol–water partition coefficient (Wildman–Crippen LogP) is 1.67. The third kappa shape index (κ3) is 4.86. The van der Waals surface area contributed by atoms with Crippen LogP contribution in [0, 0.1) is 0 Å². The van der Waals surface area contributed by atoms with Gasteiger partial charge in [0, 0.05) is 19.2 Å². The Balaban J connectivity index is 2.73. The topological polar surface area (TPSA) is 67.4 Å². The SMILES string of the molecule is CCOC(C)CNS(=O)(=O)c1ccc(C(C)NC)cc1. The van der Waals surface area contributed by atoms with E-state index in [4.69, 9.17) is 4.74 Å². The van der Waals surface area contributed by atoms with Gasteiger partial charge in [0.2, 0.25) is 10.0 Å². The Morgan fingerprint density at radius 3 is 2.30 bits per heavy atom. The lowest BCUT2D eigenvalue weighted by atomic mass is 10.1. The van der Waals surface area contributed by atoms with E-state index in [-0.39, 0.29) is 23.6 Å². The number of rotatable bonds is 8. The van der Waals surface area contributed by atoms with Crippen LogP contribution in [0.2, 0.25) is 0 Å². The van der Waals surface area contributed by atoms with Crippen LogP contribution in [0.4, 0.5) is 0 Å². The Kier molecular flexibility index (Phi) is 6.61. The molecule has 1 rings (SSSR count). The number of ether oxygens (including phenoxy) is 1. The number of nitrogens with one attached hydrogen (secondary N) is 2. The first-order valence-electron chi connectivity index (χ1n) is 6.79. The molecule has 0 aliphatic carbocycles. The van der Waals surface area contributed by atoms with Crippen LogP contribution in [0.1, 0.15) is 32.4 Å². The van der Waals surface area contributed by atoms with Crippen molar-refractivity contribution in [2.45, 2.75) is 37.8 Å². The molecule has 2 atom stereocenters. The van der Waals surface area contributed by atoms with Crippen LogP contribution in [0.3, 0.4) is 0 Å². The van der Waals surface area contributed by atoms with Crippen molar-refractivity contribution in [3.05, 3.63) is 29.8 Å². The maximum absolute atomic E-state index is 12.1. The lowest BCUT2D eigenvalue weighted by molar-refractivity contribution is 0.0799. The third-order valence-electron chi connectivity index (χ3n) is 3.14. The Morgan fingerprint density at radius 1 is 1.20 bits per heavy atom. The van der Waals surface area contributed by atoms with Gasteiger partial charge in [0.05, 0.1) is 11.0 Å². The molecule has 1 aromatic rings. The molecule has 1 aromatic carbocycles. The molecule has 114 valence electrons. The molecule has 0 saturated carbocycles. The zero-order valence-electron chi connectivity index (χ0n) is 12.5. The highest BCUT2D eigenvalue weighted by Gasteiger charge is 2.15. The van der Waals surface area contributed by atoms with Gasteiger partial charge in [-0.2, -0.15) is 0 Å². The van der Waals surface area contributed by atoms with E-state index in [1.807, 2.05) is 40.0 Å². The average molecular weight is 300 g/mol. The van der Waals surface area contributed by atoms with Crippen LogP contribution < -0.4 is 10.0 Å². The Labute approximate surface area is 121 Å². The molecule has 2 N–H and O–H groups in total. The van der Waals surface area contributed by atoms with Crippen LogP contribution >= 0.6 is 0 Å². The largest absolute Gasteiger partial charge is 0.377 e. The van der Waals surface area contributed by atoms with Gasteiger partial charge in [-0.05, 0) is 45.5 Å². The highest BCUT2D eigenvalue weighted by molar-refractivity contribution is 7.89. The van der Waals surface area contributed by atoms with Crippen LogP contribution in [0.15, 0.2) is 29.2 Å². The van der Waals surface area contributed by atoms with Gasteiger partial charge in [-0.1, -0.05) is 12.1 Å². The van der Waals surface area contributed by atoms with Gasteiger partial charge in [0.1, 0.15) is 0 Å². The molecule has 0 bridgehead atoms. The highest BCUT2D eigenvalue weighted by Crippen LogP contribution is 2.15. The van der Waals surface area contributed by atoms with E-state index in [9.17, 15) is 8.42 Å². The second kappa shape index (κ2) is 7.73. The molecule has 0 radical (unpaired) electrons. The summed E-state index contributed by atoms with van der Waals surface area (Å²) in [5.41, 5.74) is 1.05. The summed E-state index contributed by atoms with van der Waals surface area (Å²) in [4.78, 5) is 0.272. The Morgan fingerprint density at radius 2 is 1.80 bits per heavy atom. The minimum atomic E-state index is -3.47. The smallest absolute Gasteiger partial charge is 0.240 e. The third-order valence-corrected chi connectivity index (χ3v) is 4.57. The monoisotopic (exact) mass is 300 g/mol. The highest BCUT2D eigenvalue weighted by atomic mass is 32.2. The maximum Gasteiger partial charge on any atom is 0.240 e. The van der Waals surface area contributed by atoms with Crippen molar-refractivity contribution in [2.24, 2.45) is 0 Å². The van der Waals surface area contributed by atoms with Crippen molar-refractivity contribution < 1.29 is 13.2 Å². The number of benzene rings is 1. The lowest BCUT2D eigenvalue weighted by Gasteiger charge is -2.14. The van der Waals surface area contributed by atoms with Crippen molar-refractivity contribution >= 4 is 10.0 Å². The first-order valence-corrected chi connectivity index (χ1v) is 8.27. The number of sulfonamides is 1. The van der Waals surface area contributed by atoms with Crippen molar-refractivity contribution in [3.63, 3.8) is 0 Å². The summed E-state index contributed by atoms with van der Waals surface area (Å²) in [6.07, 6.45) is -0.140. The summed E-state index contributed by atoms with van der Waals surface area (Å²) in [7, 11) is -1.61. The summed E-state index contributed by atoms with van der Waals surface area (Å²) >= 11 is 0. The predicted molar refractivity (Wildman–Crippen MR) is 80.2 cm³/mol. The zero-order valence-corrected chi connectivity index (χ0v) is 13.3. The van der Waals surface area contributed by atoms with Gasteiger partial charge >= 0.3 is 0 Å². The van der Waals surface area contributed by atoms with E-state index < -0.39 is 10.0 Å². The van der Waals surface area contributed by atoms with E-state index >= 15 is 0 Å². The molecular formula is C14H24N2O3S. The normalized spacial score (nSPS) is 15.0. The standard InChI is InChI=1S/C14H24N2O3S/c1-5-19-11(2)10-16-20(17,18)14-8-6-13(7-9-14)12(3)15-4/h6-9,11-12,15-16H,5,10H2,1-4H3. The van der Waals surface area contributed by atoms with Crippen LogP contribution in [-0.4, -0.2) is 34.7 Å². The molecule has 0 amide bonds. The molecule has 20 heavy (non-hydrogen) atoms. The molecule has 0 aliphatic rings. The maximum atomic E-state index is 12.1. The Hall–Kier alpha value is -0.950. The van der Waals surface area contributed by atoms with E-state index in [0.717, 1.165) is 5.56 Å². The molecule has 6 heteroatoms. The molecule has 5 nitrogen and oxygen atoms in total. The average Bonchev–Trinajstić information content (AvgIpc) is 2.45. The van der Waals surface area contributed by atoms with Gasteiger partial charge in [-0.3, -0.25) is 0 Å². The minimum Gasteiger partial charge on any atom is -0.377 e. The summed E-state index contributed by atoms with van der Waals surface area (Å²) in [5.74, 6) is 0. The summed E-state index contributed by atoms with van der Waals surface area (Å²) < 4.78 is 32.1. The van der Waals surface area contributed by atoms with Gasteiger partial charge in [-0.25, -0.2) is 13.1 Å². The van der Waals surface area contributed by atoms with E-state index in [1.165, 1.54) is 0 Å². The number of hydrogen-bond acceptors (Lipinski definition) is 4. The summed E-state index contributed by atoms with van der Waals surface area (Å²) in [6.45, 7) is 6.58. The molecule has 0 heterocycles. The van der Waals surface area contributed by atoms with Crippen molar-refractivity contribution in [1.29, 1.82) is 0 Å². The van der Waals surface area contributed by atoms with Gasteiger partial charge in [-0.15, -0.1) is 0 Å². The fraction of sp³-hybridized carbons (Fsp3) is 0.571. The van der Waals surface area contributed by atoms with Gasteiger partial charge in [0.15, 0.2) is 0 Å². The lowest BCUT2D eigenvalue weighted by Crippen LogP contribution is -2.32. The molecule has 0 spiro atoms. The minimum absolute atomic E-state index is 0.140. The van der Waals surface area contributed by atoms with Crippen molar-refractivity contribution in [1.82, 2.24) is 10.0 Å². The molecule has 0 fully saturated rings. The molecule has 2 unspecified atom stereocenters. The summed E-state index contributed by atoms with van der Waals surface area (Å²) in [6, 6.07) is 7.08. The quantitative estimate of drug-likeness (QED) is 0.766. The van der Waals surface area contributed by atoms with Crippen molar-refractivity contribution in [2.75, 3.05) is 20.2 Å². The molecule has 0 aromatic heterocycles. The summed E-state index contributed by atoms with van der Waals surface area (Å²) in [5, 5.41) is 3.11. The molecule has 0 saturated heterocycles. The Bertz CT molecular complexity index is 500. The number of hydrogen-bond donors (Lipinski definition) is 2. The zero-order chi connectivity index (χ0) is 15.2. The second-order valence-electron chi connectivity index (χ2n) is 4.70. The van der Waals surface area contributed by atoms with E-state index in [2.05, 4.69) is 10.0 Å². The van der Waals surface area contributed by atoms with Crippen LogP contribution in [-0.2, 0) is 14.8 Å². The second-order valence-corrected chi connectivity index (χ2v) is 6.46. The molecular weight excluding hydrogens is 276 g/mol. The van der Waals surface area contributed by atoms with Crippen LogP contribution in [0.5, 0.6) is 0 Å². The fourth-order valence-electron chi connectivity index (χ4n) is 1.76. The first-order chi connectivity index (χ1) is 9.40. The first kappa shape index (κ1) is 17.1. The fourth-order valence-corrected chi connectivity index (χ4v) is 2.87. The van der Waals surface area contributed by atoms with E-state index in [1.54, 1.807) is 12.1 Å². The van der Waals surface area contributed by atoms with Gasteiger partial charge < -0.3 is 10.1 Å². The van der Waals surface area contributed by atoms with Crippen molar-refractivity contribution in [3.8, 4) is 0 Å².